The van der Waals surface area contributed by atoms with Gasteiger partial charge in [-0.2, -0.15) is 31.6 Å². The molecular weight excluding hydrogens is 1190 g/mol. The predicted molar refractivity (Wildman–Crippen MR) is 297 cm³/mol. The van der Waals surface area contributed by atoms with Crippen LogP contribution >= 0.6 is 15.9 Å². The van der Waals surface area contributed by atoms with Crippen molar-refractivity contribution in [3.8, 4) is 42.5 Å². The molecule has 396 valence electrons. The molecule has 81 heavy (non-hydrogen) atoms. The van der Waals surface area contributed by atoms with E-state index in [2.05, 4.69) is 34.1 Å². The first kappa shape index (κ1) is 78.7. The van der Waals surface area contributed by atoms with Gasteiger partial charge in [0, 0.05) is 48.4 Å². The van der Waals surface area contributed by atoms with Gasteiger partial charge in [-0.05, 0) is 81.8 Å². The molecule has 0 aliphatic carbocycles. The van der Waals surface area contributed by atoms with Gasteiger partial charge < -0.3 is 78.2 Å². The molecule has 0 amide bonds. The molecule has 8 rings (SSSR count). The summed E-state index contributed by atoms with van der Waals surface area (Å²) in [4.78, 5) is 0. The predicted octanol–water partition coefficient (Wildman–Crippen LogP) is -8.00. The molecule has 27 heteroatoms. The maximum absolute atomic E-state index is 10.4. The molecule has 1 heterocycles. The molecule has 4 N–H and O–H groups in total. The summed E-state index contributed by atoms with van der Waals surface area (Å²) in [5.74, 6) is 0. The molecule has 17 nitrogen and oxygen atoms in total. The average molecular weight is 1230 g/mol. The fourth-order valence-electron chi connectivity index (χ4n) is 6.09. The summed E-state index contributed by atoms with van der Waals surface area (Å²) in [5, 5.41) is 116. The maximum atomic E-state index is 10.4. The molecule has 0 bridgehead atoms. The summed E-state index contributed by atoms with van der Waals surface area (Å²) < 4.78 is 21.8. The molecule has 0 radical (unpaired) electrons. The zero-order valence-corrected chi connectivity index (χ0v) is 49.2. The maximum Gasteiger partial charge on any atom is 2.00 e. The Labute approximate surface area is 527 Å². The van der Waals surface area contributed by atoms with Gasteiger partial charge in [0.05, 0.1) is 58.2 Å². The third-order valence-corrected chi connectivity index (χ3v) is 10.5. The molecule has 7 aromatic rings. The SMILES string of the molecule is COB(OC)c1ccccc1C#N.N#Cc1[c-]cccc1.N#Cc1ccccc1B(O)O.N#Cc1ccccc1B(O)O.N#Cc1ccccc1B([O-])[O-].N#Cc1ccccc1B1OCCCO1.N#Cc1ccccc1Br.[Br-].[Cl-].[Li+].[Mg+2]. The van der Waals surface area contributed by atoms with Crippen molar-refractivity contribution < 1.29 is 97.0 Å². The van der Waals surface area contributed by atoms with Crippen LogP contribution in [0.5, 0.6) is 0 Å². The summed E-state index contributed by atoms with van der Waals surface area (Å²) in [7, 11) is -2.93. The summed E-state index contributed by atoms with van der Waals surface area (Å²) in [6, 6.07) is 64.2. The van der Waals surface area contributed by atoms with Crippen molar-refractivity contribution in [2.75, 3.05) is 27.4 Å². The number of nitriles is 7. The molecule has 0 unspecified atom stereocenters. The van der Waals surface area contributed by atoms with Gasteiger partial charge in [-0.3, -0.25) is 5.26 Å². The standard InChI is InChI=1S/C10H10BNO2.C9H10BNO2.2C7H6BNO2.C7H4BNO2.C7H4BrN.C7H4N.BrH.ClH.Li.Mg/c12-8-9-4-1-2-5-10(9)11-13-6-3-7-14-11;1-12-10(13-2)9-6-4-3-5-8(9)7-11;3*9-5-6-3-1-2-4-7(6)8(10)11;8-7-4-2-1-3-6(7)5-9;8-6-7-4-2-1-3-5-7;;;;/h1-2,4-5H,3,6-7H2;3-6H,1-2H3;2*1-4,10-11H;1-4H;1-4H;1-4H;2*1H;;/q;;;;-2;;-1;;;+1;+2/p-2. The van der Waals surface area contributed by atoms with Crippen LogP contribution < -0.4 is 85.6 Å². The second-order valence-electron chi connectivity index (χ2n) is 14.8. The second-order valence-corrected chi connectivity index (χ2v) is 15.6. The van der Waals surface area contributed by atoms with E-state index in [1.807, 2.05) is 91.0 Å². The Morgan fingerprint density at radius 2 is 0.852 bits per heavy atom. The van der Waals surface area contributed by atoms with Crippen molar-refractivity contribution in [2.24, 2.45) is 0 Å². The third-order valence-electron chi connectivity index (χ3n) is 9.80. The van der Waals surface area contributed by atoms with Crippen molar-refractivity contribution in [1.29, 1.82) is 36.8 Å². The number of halogens is 3. The van der Waals surface area contributed by atoms with Crippen LogP contribution in [0.25, 0.3) is 0 Å². The molecular formula is C54H44B5Br2ClLiMgN7O10-2. The van der Waals surface area contributed by atoms with Crippen LogP contribution in [-0.2, 0) is 18.6 Å². The quantitative estimate of drug-likeness (QED) is 0.0851. The van der Waals surface area contributed by atoms with Crippen molar-refractivity contribution in [3.05, 3.63) is 219 Å². The van der Waals surface area contributed by atoms with Crippen LogP contribution in [0.15, 0.2) is 174 Å². The van der Waals surface area contributed by atoms with Crippen molar-refractivity contribution in [2.45, 2.75) is 6.42 Å². The fraction of sp³-hybridized carbons (Fsp3) is 0.0926. The van der Waals surface area contributed by atoms with Gasteiger partial charge in [-0.25, -0.2) is 0 Å². The first-order valence-corrected chi connectivity index (χ1v) is 23.4. The minimum atomic E-state index is -2.06. The molecule has 0 atom stereocenters. The minimum Gasteiger partial charge on any atom is -1.00 e. The van der Waals surface area contributed by atoms with Crippen LogP contribution in [0.3, 0.4) is 0 Å². The zero-order valence-electron chi connectivity index (χ0n) is 43.9. The average Bonchev–Trinajstić information content (AvgIpc) is 3.49. The first-order valence-electron chi connectivity index (χ1n) is 22.6. The smallest absolute Gasteiger partial charge is 1.00 e. The number of rotatable bonds is 7. The van der Waals surface area contributed by atoms with Crippen LogP contribution in [-0.4, -0.2) is 106 Å². The summed E-state index contributed by atoms with van der Waals surface area (Å²) in [6.07, 6.45) is 0.922. The van der Waals surface area contributed by atoms with Gasteiger partial charge in [0.15, 0.2) is 0 Å². The van der Waals surface area contributed by atoms with E-state index in [4.69, 9.17) is 75.5 Å². The van der Waals surface area contributed by atoms with Crippen LogP contribution in [0.4, 0.5) is 0 Å². The molecule has 1 fully saturated rings. The molecule has 0 spiro atoms. The summed E-state index contributed by atoms with van der Waals surface area (Å²) >= 11 is 3.23. The van der Waals surface area contributed by atoms with E-state index in [0.717, 1.165) is 21.8 Å². The molecule has 1 saturated heterocycles. The van der Waals surface area contributed by atoms with E-state index in [1.165, 1.54) is 36.4 Å². The summed E-state index contributed by atoms with van der Waals surface area (Å²) in [6.45, 7) is 1.40. The van der Waals surface area contributed by atoms with Crippen molar-refractivity contribution in [1.82, 2.24) is 0 Å². The topological polar surface area (TPSA) is 330 Å². The van der Waals surface area contributed by atoms with Crippen LogP contribution in [0.1, 0.15) is 45.4 Å². The second kappa shape index (κ2) is 47.2. The third kappa shape index (κ3) is 29.2. The Morgan fingerprint density at radius 3 is 1.17 bits per heavy atom. The Morgan fingerprint density at radius 1 is 0.506 bits per heavy atom. The molecule has 0 saturated carbocycles. The van der Waals surface area contributed by atoms with E-state index in [1.54, 1.807) is 87.0 Å². The van der Waals surface area contributed by atoms with Crippen LogP contribution in [0.2, 0.25) is 0 Å². The zero-order chi connectivity index (χ0) is 56.8. The van der Waals surface area contributed by atoms with Gasteiger partial charge in [0.1, 0.15) is 6.07 Å². The van der Waals surface area contributed by atoms with Crippen LogP contribution in [0, 0.1) is 85.4 Å². The number of hydrogen-bond donors (Lipinski definition) is 4. The van der Waals surface area contributed by atoms with Gasteiger partial charge >= 0.3 is 70.4 Å². The van der Waals surface area contributed by atoms with E-state index in [-0.39, 0.29) is 100 Å². The largest absolute Gasteiger partial charge is 2.00 e. The van der Waals surface area contributed by atoms with E-state index in [0.29, 0.717) is 46.6 Å². The Hall–Kier alpha value is -6.49. The Kier molecular flexibility index (Phi) is 45.9. The monoisotopic (exact) mass is 1230 g/mol. The van der Waals surface area contributed by atoms with Gasteiger partial charge in [-0.1, -0.05) is 116 Å². The molecule has 0 aromatic heterocycles. The summed E-state index contributed by atoms with van der Waals surface area (Å²) in [5.41, 5.74) is 5.33. The molecule has 1 aliphatic rings. The van der Waals surface area contributed by atoms with E-state index in [9.17, 15) is 10.0 Å². The number of nitrogens with zero attached hydrogens (tertiary/aromatic N) is 7. The van der Waals surface area contributed by atoms with Gasteiger partial charge in [-0.15, -0.1) is 35.8 Å². The Balaban J connectivity index is -0.000000874. The fourth-order valence-corrected chi connectivity index (χ4v) is 6.47. The minimum absolute atomic E-state index is 0. The van der Waals surface area contributed by atoms with E-state index >= 15 is 0 Å². The van der Waals surface area contributed by atoms with Gasteiger partial charge in [0.25, 0.3) is 0 Å². The number of hydrogen-bond acceptors (Lipinski definition) is 17. The molecule has 7 aromatic carbocycles. The number of benzene rings is 7. The van der Waals surface area contributed by atoms with Gasteiger partial charge in [0.2, 0.25) is 0 Å². The van der Waals surface area contributed by atoms with Crippen molar-refractivity contribution in [3.63, 3.8) is 0 Å². The first-order chi connectivity index (χ1) is 37.3. The normalized spacial score (nSPS) is 9.63. The van der Waals surface area contributed by atoms with E-state index < -0.39 is 28.5 Å². The Bertz CT molecular complexity index is 3080. The van der Waals surface area contributed by atoms with Crippen molar-refractivity contribution >= 4 is 102 Å². The molecule has 1 aliphatic heterocycles.